The number of aliphatic hydroxyl groups excluding tert-OH is 1. The number of hydrogen-bond donors (Lipinski definition) is 1. The molecule has 0 spiro atoms. The minimum atomic E-state index is -0.410. The minimum Gasteiger partial charge on any atom is -0.465 e. The number of rotatable bonds is 7. The largest absolute Gasteiger partial charge is 0.465 e. The summed E-state index contributed by atoms with van der Waals surface area (Å²) in [6, 6.07) is -0.271. The molecule has 0 aromatic rings. The summed E-state index contributed by atoms with van der Waals surface area (Å²) >= 11 is 0. The molecule has 16 heavy (non-hydrogen) atoms. The first kappa shape index (κ1) is 15.4. The van der Waals surface area contributed by atoms with E-state index in [1.54, 1.807) is 6.92 Å². The Morgan fingerprint density at radius 3 is 2.38 bits per heavy atom. The summed E-state index contributed by atoms with van der Waals surface area (Å²) in [6.07, 6.45) is 1.66. The average molecular weight is 231 g/mol. The Kier molecular flexibility index (Phi) is 6.60. The number of hydrogen-bond acceptors (Lipinski definition) is 4. The van der Waals surface area contributed by atoms with Gasteiger partial charge >= 0.3 is 5.97 Å². The Morgan fingerprint density at radius 1 is 1.44 bits per heavy atom. The molecule has 0 aromatic carbocycles. The lowest BCUT2D eigenvalue weighted by Crippen LogP contribution is -2.53. The number of esters is 1. The van der Waals surface area contributed by atoms with Gasteiger partial charge in [-0.2, -0.15) is 0 Å². The third-order valence-electron chi connectivity index (χ3n) is 2.93. The highest BCUT2D eigenvalue weighted by Crippen LogP contribution is 2.18. The van der Waals surface area contributed by atoms with Crippen LogP contribution in [0.2, 0.25) is 0 Å². The zero-order valence-electron chi connectivity index (χ0n) is 11.1. The van der Waals surface area contributed by atoms with Gasteiger partial charge < -0.3 is 9.84 Å². The number of carbonyl (C=O) groups excluding carboxylic acids is 1. The van der Waals surface area contributed by atoms with E-state index < -0.39 is 5.54 Å². The van der Waals surface area contributed by atoms with Crippen LogP contribution in [-0.2, 0) is 9.53 Å². The third kappa shape index (κ3) is 4.10. The normalized spacial score (nSPS) is 13.9. The van der Waals surface area contributed by atoms with E-state index in [-0.39, 0.29) is 18.6 Å². The van der Waals surface area contributed by atoms with Crippen molar-refractivity contribution in [1.82, 2.24) is 4.90 Å². The molecule has 1 unspecified atom stereocenters. The SMILES string of the molecule is CCCC(C(=O)OCC)N(C)C(C)(C)CO. The lowest BCUT2D eigenvalue weighted by Gasteiger charge is -2.38. The molecule has 4 nitrogen and oxygen atoms in total. The molecule has 1 atom stereocenters. The van der Waals surface area contributed by atoms with Crippen LogP contribution in [0.15, 0.2) is 0 Å². The van der Waals surface area contributed by atoms with Gasteiger partial charge in [-0.25, -0.2) is 0 Å². The standard InChI is InChI=1S/C12H25NO3/c1-6-8-10(11(15)16-7-2)13(5)12(3,4)9-14/h10,14H,6-9H2,1-5H3. The molecule has 96 valence electrons. The Morgan fingerprint density at radius 2 is 2.00 bits per heavy atom. The average Bonchev–Trinajstić information content (AvgIpc) is 2.25. The van der Waals surface area contributed by atoms with Crippen molar-refractivity contribution in [2.75, 3.05) is 20.3 Å². The molecule has 0 heterocycles. The van der Waals surface area contributed by atoms with Gasteiger partial charge in [0.1, 0.15) is 6.04 Å². The Bertz CT molecular complexity index is 216. The summed E-state index contributed by atoms with van der Waals surface area (Å²) in [6.45, 7) is 8.07. The molecular formula is C12H25NO3. The van der Waals surface area contributed by atoms with Crippen LogP contribution >= 0.6 is 0 Å². The summed E-state index contributed by atoms with van der Waals surface area (Å²) in [4.78, 5) is 13.7. The predicted molar refractivity (Wildman–Crippen MR) is 64.3 cm³/mol. The summed E-state index contributed by atoms with van der Waals surface area (Å²) in [7, 11) is 1.85. The number of nitrogens with zero attached hydrogens (tertiary/aromatic N) is 1. The van der Waals surface area contributed by atoms with Crippen molar-refractivity contribution in [2.24, 2.45) is 0 Å². The van der Waals surface area contributed by atoms with Crippen molar-refractivity contribution in [3.63, 3.8) is 0 Å². The van der Waals surface area contributed by atoms with E-state index in [1.165, 1.54) is 0 Å². The van der Waals surface area contributed by atoms with E-state index in [9.17, 15) is 9.90 Å². The Labute approximate surface area is 98.6 Å². The van der Waals surface area contributed by atoms with Gasteiger partial charge in [0, 0.05) is 5.54 Å². The van der Waals surface area contributed by atoms with Crippen LogP contribution in [0.1, 0.15) is 40.5 Å². The van der Waals surface area contributed by atoms with Crippen LogP contribution in [0.5, 0.6) is 0 Å². The molecule has 0 aromatic heterocycles. The molecule has 0 aliphatic rings. The maximum Gasteiger partial charge on any atom is 0.323 e. The topological polar surface area (TPSA) is 49.8 Å². The smallest absolute Gasteiger partial charge is 0.323 e. The lowest BCUT2D eigenvalue weighted by molar-refractivity contribution is -0.152. The van der Waals surface area contributed by atoms with Crippen LogP contribution in [-0.4, -0.2) is 47.8 Å². The van der Waals surface area contributed by atoms with Crippen molar-refractivity contribution >= 4 is 5.97 Å². The van der Waals surface area contributed by atoms with Gasteiger partial charge in [0.05, 0.1) is 13.2 Å². The highest BCUT2D eigenvalue weighted by molar-refractivity contribution is 5.75. The number of ether oxygens (including phenoxy) is 1. The molecule has 0 fully saturated rings. The summed E-state index contributed by atoms with van der Waals surface area (Å²) < 4.78 is 5.06. The predicted octanol–water partition coefficient (Wildman–Crippen LogP) is 1.42. The van der Waals surface area contributed by atoms with E-state index in [2.05, 4.69) is 0 Å². The maximum absolute atomic E-state index is 11.8. The molecule has 0 aliphatic heterocycles. The van der Waals surface area contributed by atoms with Crippen LogP contribution in [0.3, 0.4) is 0 Å². The fourth-order valence-corrected chi connectivity index (χ4v) is 1.51. The molecule has 1 N–H and O–H groups in total. The van der Waals surface area contributed by atoms with Crippen LogP contribution in [0.4, 0.5) is 0 Å². The van der Waals surface area contributed by atoms with Crippen molar-refractivity contribution in [2.45, 2.75) is 52.1 Å². The van der Waals surface area contributed by atoms with Gasteiger partial charge in [-0.1, -0.05) is 13.3 Å². The second-order valence-corrected chi connectivity index (χ2v) is 4.64. The van der Waals surface area contributed by atoms with E-state index >= 15 is 0 Å². The Hall–Kier alpha value is -0.610. The molecule has 0 saturated carbocycles. The van der Waals surface area contributed by atoms with E-state index in [0.717, 1.165) is 12.8 Å². The molecule has 0 rings (SSSR count). The van der Waals surface area contributed by atoms with Gasteiger partial charge in [-0.3, -0.25) is 9.69 Å². The highest BCUT2D eigenvalue weighted by Gasteiger charge is 2.33. The zero-order chi connectivity index (χ0) is 12.8. The first-order valence-electron chi connectivity index (χ1n) is 5.91. The monoisotopic (exact) mass is 231 g/mol. The molecule has 0 aliphatic carbocycles. The quantitative estimate of drug-likeness (QED) is 0.673. The fraction of sp³-hybridized carbons (Fsp3) is 0.917. The van der Waals surface area contributed by atoms with Gasteiger partial charge in [-0.05, 0) is 34.2 Å². The number of carbonyl (C=O) groups is 1. The second-order valence-electron chi connectivity index (χ2n) is 4.64. The lowest BCUT2D eigenvalue weighted by atomic mass is 10.00. The van der Waals surface area contributed by atoms with E-state index in [0.29, 0.717) is 6.61 Å². The van der Waals surface area contributed by atoms with Gasteiger partial charge in [-0.15, -0.1) is 0 Å². The molecule has 0 saturated heterocycles. The second kappa shape index (κ2) is 6.86. The summed E-state index contributed by atoms with van der Waals surface area (Å²) in [5.74, 6) is -0.201. The number of likely N-dealkylation sites (N-methyl/N-ethyl adjacent to an activating group) is 1. The summed E-state index contributed by atoms with van der Waals surface area (Å²) in [5.41, 5.74) is -0.410. The maximum atomic E-state index is 11.8. The first-order valence-corrected chi connectivity index (χ1v) is 5.91. The zero-order valence-corrected chi connectivity index (χ0v) is 11.1. The van der Waals surface area contributed by atoms with Gasteiger partial charge in [0.2, 0.25) is 0 Å². The molecular weight excluding hydrogens is 206 g/mol. The molecule has 4 heteroatoms. The van der Waals surface area contributed by atoms with Crippen molar-refractivity contribution in [1.29, 1.82) is 0 Å². The van der Waals surface area contributed by atoms with Crippen LogP contribution in [0, 0.1) is 0 Å². The minimum absolute atomic E-state index is 0.0170. The summed E-state index contributed by atoms with van der Waals surface area (Å²) in [5, 5.41) is 9.30. The van der Waals surface area contributed by atoms with E-state index in [1.807, 2.05) is 32.7 Å². The van der Waals surface area contributed by atoms with Crippen molar-refractivity contribution < 1.29 is 14.6 Å². The van der Waals surface area contributed by atoms with Crippen LogP contribution in [0.25, 0.3) is 0 Å². The fourth-order valence-electron chi connectivity index (χ4n) is 1.51. The number of aliphatic hydroxyl groups is 1. The first-order chi connectivity index (χ1) is 7.40. The van der Waals surface area contributed by atoms with Gasteiger partial charge in [0.15, 0.2) is 0 Å². The van der Waals surface area contributed by atoms with Crippen molar-refractivity contribution in [3.8, 4) is 0 Å². The Balaban J connectivity index is 4.70. The third-order valence-corrected chi connectivity index (χ3v) is 2.93. The van der Waals surface area contributed by atoms with Crippen molar-refractivity contribution in [3.05, 3.63) is 0 Å². The van der Waals surface area contributed by atoms with E-state index in [4.69, 9.17) is 4.74 Å². The highest BCUT2D eigenvalue weighted by atomic mass is 16.5. The van der Waals surface area contributed by atoms with Gasteiger partial charge in [0.25, 0.3) is 0 Å². The van der Waals surface area contributed by atoms with Crippen LogP contribution < -0.4 is 0 Å². The molecule has 0 radical (unpaired) electrons. The molecule has 0 bridgehead atoms. The molecule has 0 amide bonds.